The number of carbonyl (C=O) groups excluding carboxylic acids is 1. The first-order valence-corrected chi connectivity index (χ1v) is 10.4. The highest BCUT2D eigenvalue weighted by Gasteiger charge is 2.28. The van der Waals surface area contributed by atoms with Crippen molar-refractivity contribution in [2.75, 3.05) is 32.8 Å². The van der Waals surface area contributed by atoms with E-state index in [0.717, 1.165) is 50.4 Å². The number of rotatable bonds is 8. The predicted molar refractivity (Wildman–Crippen MR) is 112 cm³/mol. The average molecular weight is 391 g/mol. The number of nitrogens with one attached hydrogen (secondary N) is 1. The van der Waals surface area contributed by atoms with Crippen LogP contribution in [0.2, 0.25) is 0 Å². The van der Waals surface area contributed by atoms with Crippen LogP contribution in [0.25, 0.3) is 0 Å². The Kier molecular flexibility index (Phi) is 9.04. The first kappa shape index (κ1) is 22.0. The molecule has 1 fully saturated rings. The number of esters is 1. The molecule has 1 N–H and O–H groups in total. The summed E-state index contributed by atoms with van der Waals surface area (Å²) in [6.07, 6.45) is 3.65. The minimum atomic E-state index is -0.105. The van der Waals surface area contributed by atoms with E-state index in [1.165, 1.54) is 0 Å². The summed E-state index contributed by atoms with van der Waals surface area (Å²) in [4.78, 5) is 30.9. The van der Waals surface area contributed by atoms with Crippen molar-refractivity contribution in [3.63, 3.8) is 0 Å². The Hall–Kier alpha value is -2.31. The summed E-state index contributed by atoms with van der Waals surface area (Å²) in [7, 11) is 0. The first-order valence-electron chi connectivity index (χ1n) is 10.4. The number of nitrogens with zero attached hydrogens (tertiary/aromatic N) is 3. The summed E-state index contributed by atoms with van der Waals surface area (Å²) in [5.74, 6) is 0.682. The van der Waals surface area contributed by atoms with E-state index in [1.807, 2.05) is 31.4 Å². The highest BCUT2D eigenvalue weighted by Crippen LogP contribution is 2.18. The number of likely N-dealkylation sites (tertiary alicyclic amines) is 1. The van der Waals surface area contributed by atoms with Crippen molar-refractivity contribution in [3.05, 3.63) is 34.2 Å². The number of hydrogen-bond donors (Lipinski definition) is 1. The Morgan fingerprint density at radius 2 is 2.14 bits per heavy atom. The molecule has 1 atom stereocenters. The van der Waals surface area contributed by atoms with E-state index in [4.69, 9.17) is 9.73 Å². The van der Waals surface area contributed by atoms with Crippen molar-refractivity contribution in [2.45, 2.75) is 53.0 Å². The largest absolute Gasteiger partial charge is 0.466 e. The van der Waals surface area contributed by atoms with Crippen LogP contribution in [0.4, 0.5) is 0 Å². The molecule has 0 aliphatic carbocycles. The summed E-state index contributed by atoms with van der Waals surface area (Å²) in [6, 6.07) is 5.35. The second kappa shape index (κ2) is 11.5. The molecule has 2 heterocycles. The van der Waals surface area contributed by atoms with Crippen LogP contribution in [0.3, 0.4) is 0 Å². The summed E-state index contributed by atoms with van der Waals surface area (Å²) in [6.45, 7) is 10.0. The number of aryl methyl sites for hydroxylation is 1. The summed E-state index contributed by atoms with van der Waals surface area (Å²) in [5.41, 5.74) is 1.04. The van der Waals surface area contributed by atoms with Crippen LogP contribution in [0.5, 0.6) is 0 Å². The summed E-state index contributed by atoms with van der Waals surface area (Å²) in [5, 5.41) is 3.34. The van der Waals surface area contributed by atoms with Crippen LogP contribution < -0.4 is 10.9 Å². The maximum absolute atomic E-state index is 12.1. The Balaban J connectivity index is 1.87. The van der Waals surface area contributed by atoms with Crippen LogP contribution in [0.1, 0.15) is 45.2 Å². The first-order chi connectivity index (χ1) is 13.6. The molecule has 1 aromatic rings. The highest BCUT2D eigenvalue weighted by molar-refractivity contribution is 5.81. The summed E-state index contributed by atoms with van der Waals surface area (Å²) >= 11 is 0. The zero-order chi connectivity index (χ0) is 20.4. The number of pyridine rings is 1. The summed E-state index contributed by atoms with van der Waals surface area (Å²) < 4.78 is 7.00. The van der Waals surface area contributed by atoms with E-state index in [1.54, 1.807) is 12.1 Å². The van der Waals surface area contributed by atoms with Crippen LogP contribution in [0, 0.1) is 12.8 Å². The Morgan fingerprint density at radius 3 is 2.86 bits per heavy atom. The molecule has 0 radical (unpaired) electrons. The lowest BCUT2D eigenvalue weighted by atomic mass is 9.98. The van der Waals surface area contributed by atoms with Gasteiger partial charge in [0.25, 0.3) is 5.56 Å². The number of aliphatic imine (C=N–C) groups is 1. The van der Waals surface area contributed by atoms with Crippen LogP contribution >= 0.6 is 0 Å². The third kappa shape index (κ3) is 6.39. The second-order valence-corrected chi connectivity index (χ2v) is 7.14. The van der Waals surface area contributed by atoms with Crippen LogP contribution in [0.15, 0.2) is 28.0 Å². The lowest BCUT2D eigenvalue weighted by Gasteiger charge is -2.34. The van der Waals surface area contributed by atoms with Gasteiger partial charge in [0.2, 0.25) is 0 Å². The Labute approximate surface area is 167 Å². The van der Waals surface area contributed by atoms with Crippen LogP contribution in [-0.4, -0.2) is 54.2 Å². The van der Waals surface area contributed by atoms with Crippen molar-refractivity contribution in [2.24, 2.45) is 10.9 Å². The van der Waals surface area contributed by atoms with E-state index in [2.05, 4.69) is 10.2 Å². The van der Waals surface area contributed by atoms with Gasteiger partial charge in [0.05, 0.1) is 12.5 Å². The highest BCUT2D eigenvalue weighted by atomic mass is 16.5. The maximum atomic E-state index is 12.1. The van der Waals surface area contributed by atoms with Gasteiger partial charge in [-0.2, -0.15) is 0 Å². The number of ether oxygens (including phenoxy) is 1. The van der Waals surface area contributed by atoms with Gasteiger partial charge in [-0.25, -0.2) is 0 Å². The maximum Gasteiger partial charge on any atom is 0.310 e. The third-order valence-electron chi connectivity index (χ3n) is 5.00. The standard InChI is InChI=1S/C21H34N4O3/c1-4-22-21(24-14-9-11-18(16-24)20(27)28-5-2)23-13-6-7-15-25-17(3)10-8-12-19(25)26/h8,10,12,18H,4-7,9,11,13-16H2,1-3H3,(H,22,23)/t18-/m0/s1. The molecule has 0 amide bonds. The molecule has 156 valence electrons. The van der Waals surface area contributed by atoms with Crippen molar-refractivity contribution in [1.82, 2.24) is 14.8 Å². The quantitative estimate of drug-likeness (QED) is 0.319. The predicted octanol–water partition coefficient (Wildman–Crippen LogP) is 2.18. The van der Waals surface area contributed by atoms with E-state index in [0.29, 0.717) is 26.2 Å². The van der Waals surface area contributed by atoms with Gasteiger partial charge in [-0.1, -0.05) is 6.07 Å². The third-order valence-corrected chi connectivity index (χ3v) is 5.00. The zero-order valence-corrected chi connectivity index (χ0v) is 17.4. The topological polar surface area (TPSA) is 75.9 Å². The van der Waals surface area contributed by atoms with Crippen molar-refractivity contribution in [3.8, 4) is 0 Å². The number of unbranched alkanes of at least 4 members (excludes halogenated alkanes) is 1. The van der Waals surface area contributed by atoms with E-state index >= 15 is 0 Å². The minimum absolute atomic E-state index is 0.0511. The monoisotopic (exact) mass is 390 g/mol. The molecule has 1 aliphatic heterocycles. The average Bonchev–Trinajstić information content (AvgIpc) is 2.69. The van der Waals surface area contributed by atoms with Gasteiger partial charge in [-0.05, 0) is 52.5 Å². The lowest BCUT2D eigenvalue weighted by molar-refractivity contribution is -0.149. The van der Waals surface area contributed by atoms with Crippen molar-refractivity contribution >= 4 is 11.9 Å². The molecular formula is C21H34N4O3. The van der Waals surface area contributed by atoms with Gasteiger partial charge in [0.1, 0.15) is 0 Å². The normalized spacial score (nSPS) is 17.5. The number of hydrogen-bond acceptors (Lipinski definition) is 4. The molecule has 7 nitrogen and oxygen atoms in total. The number of piperidine rings is 1. The van der Waals surface area contributed by atoms with Crippen molar-refractivity contribution < 1.29 is 9.53 Å². The minimum Gasteiger partial charge on any atom is -0.466 e. The molecular weight excluding hydrogens is 356 g/mol. The molecule has 0 aromatic carbocycles. The van der Waals surface area contributed by atoms with E-state index in [-0.39, 0.29) is 17.4 Å². The second-order valence-electron chi connectivity index (χ2n) is 7.14. The fraction of sp³-hybridized carbons (Fsp3) is 0.667. The van der Waals surface area contributed by atoms with Crippen LogP contribution in [-0.2, 0) is 16.1 Å². The molecule has 0 bridgehead atoms. The van der Waals surface area contributed by atoms with Crippen molar-refractivity contribution in [1.29, 1.82) is 0 Å². The molecule has 1 aliphatic rings. The van der Waals surface area contributed by atoms with Gasteiger partial charge in [-0.15, -0.1) is 0 Å². The van der Waals surface area contributed by atoms with E-state index in [9.17, 15) is 9.59 Å². The fourth-order valence-electron chi connectivity index (χ4n) is 3.52. The number of aromatic nitrogens is 1. The van der Waals surface area contributed by atoms with Gasteiger partial charge in [-0.3, -0.25) is 14.6 Å². The van der Waals surface area contributed by atoms with Gasteiger partial charge in [0, 0.05) is 44.5 Å². The van der Waals surface area contributed by atoms with E-state index < -0.39 is 0 Å². The molecule has 28 heavy (non-hydrogen) atoms. The SMILES string of the molecule is CCNC(=NCCCCn1c(C)cccc1=O)N1CCC[C@H](C(=O)OCC)C1. The fourth-order valence-corrected chi connectivity index (χ4v) is 3.52. The van der Waals surface area contributed by atoms with Gasteiger partial charge in [0.15, 0.2) is 5.96 Å². The number of carbonyl (C=O) groups is 1. The van der Waals surface area contributed by atoms with Gasteiger partial charge < -0.3 is 19.5 Å². The molecule has 1 saturated heterocycles. The zero-order valence-electron chi connectivity index (χ0n) is 17.4. The lowest BCUT2D eigenvalue weighted by Crippen LogP contribution is -2.48. The molecule has 7 heteroatoms. The molecule has 2 rings (SSSR count). The Morgan fingerprint density at radius 1 is 1.32 bits per heavy atom. The molecule has 1 aromatic heterocycles. The molecule has 0 spiro atoms. The Bertz CT molecular complexity index is 714. The molecule has 0 saturated carbocycles. The molecule has 0 unspecified atom stereocenters. The van der Waals surface area contributed by atoms with Gasteiger partial charge >= 0.3 is 5.97 Å². The number of guanidine groups is 1. The smallest absolute Gasteiger partial charge is 0.310 e.